The molecule has 1 atom stereocenters. The molecule has 2 aromatic carbocycles. The predicted octanol–water partition coefficient (Wildman–Crippen LogP) is 4.34. The van der Waals surface area contributed by atoms with Crippen LogP contribution in [0.4, 0.5) is 0 Å². The van der Waals surface area contributed by atoms with Gasteiger partial charge in [-0.05, 0) is 31.0 Å². The van der Waals surface area contributed by atoms with Crippen molar-refractivity contribution in [3.63, 3.8) is 0 Å². The number of nitrogens with one attached hydrogen (secondary N) is 1. The maximum Gasteiger partial charge on any atom is 0.231 e. The molecular formula is C22H21N5OS2. The Hall–Kier alpha value is -2.97. The molecule has 1 unspecified atom stereocenters. The third kappa shape index (κ3) is 4.44. The molecule has 30 heavy (non-hydrogen) atoms. The first-order valence-electron chi connectivity index (χ1n) is 9.48. The normalized spacial score (nSPS) is 11.9. The molecule has 4 aromatic rings. The molecule has 0 spiro atoms. The van der Waals surface area contributed by atoms with Gasteiger partial charge < -0.3 is 5.32 Å². The lowest BCUT2D eigenvalue weighted by atomic mass is 10.1. The standard InChI is InChI=1S/C22H21N5OS2/c1-15-8-6-7-11-18(15)27-16(2)25-26-22(27)30-14-19(28)24-20(21-23-12-13-29-21)17-9-4-3-5-10-17/h3-13,20H,14H2,1-2H3,(H,24,28). The summed E-state index contributed by atoms with van der Waals surface area (Å²) in [5.41, 5.74) is 3.15. The molecule has 0 aliphatic carbocycles. The fourth-order valence-electron chi connectivity index (χ4n) is 3.17. The molecular weight excluding hydrogens is 414 g/mol. The van der Waals surface area contributed by atoms with Gasteiger partial charge in [0.1, 0.15) is 16.9 Å². The highest BCUT2D eigenvalue weighted by molar-refractivity contribution is 7.99. The molecule has 0 aliphatic heterocycles. The lowest BCUT2D eigenvalue weighted by Gasteiger charge is -2.17. The number of aryl methyl sites for hydroxylation is 2. The van der Waals surface area contributed by atoms with Gasteiger partial charge in [-0.15, -0.1) is 21.5 Å². The fourth-order valence-corrected chi connectivity index (χ4v) is 4.69. The topological polar surface area (TPSA) is 72.7 Å². The van der Waals surface area contributed by atoms with E-state index in [1.165, 1.54) is 23.1 Å². The summed E-state index contributed by atoms with van der Waals surface area (Å²) in [6, 6.07) is 17.7. The zero-order valence-corrected chi connectivity index (χ0v) is 18.3. The maximum absolute atomic E-state index is 12.8. The summed E-state index contributed by atoms with van der Waals surface area (Å²) < 4.78 is 1.99. The van der Waals surface area contributed by atoms with Gasteiger partial charge in [0, 0.05) is 11.6 Å². The molecule has 0 radical (unpaired) electrons. The lowest BCUT2D eigenvalue weighted by molar-refractivity contribution is -0.119. The Morgan fingerprint density at radius 2 is 1.87 bits per heavy atom. The Morgan fingerprint density at radius 3 is 2.60 bits per heavy atom. The number of para-hydroxylation sites is 1. The molecule has 1 amide bonds. The highest BCUT2D eigenvalue weighted by Crippen LogP contribution is 2.26. The van der Waals surface area contributed by atoms with Crippen molar-refractivity contribution < 1.29 is 4.79 Å². The summed E-state index contributed by atoms with van der Waals surface area (Å²) >= 11 is 2.90. The van der Waals surface area contributed by atoms with Crippen LogP contribution in [0, 0.1) is 13.8 Å². The van der Waals surface area contributed by atoms with Gasteiger partial charge in [-0.2, -0.15) is 0 Å². The molecule has 0 saturated heterocycles. The van der Waals surface area contributed by atoms with Crippen molar-refractivity contribution in [2.45, 2.75) is 25.0 Å². The Kier molecular flexibility index (Phi) is 6.25. The number of nitrogens with zero attached hydrogens (tertiary/aromatic N) is 4. The first-order valence-corrected chi connectivity index (χ1v) is 11.3. The second-order valence-electron chi connectivity index (χ2n) is 6.72. The van der Waals surface area contributed by atoms with Crippen LogP contribution in [0.5, 0.6) is 0 Å². The SMILES string of the molecule is Cc1ccccc1-n1c(C)nnc1SCC(=O)NC(c1ccccc1)c1nccs1. The number of hydrogen-bond donors (Lipinski definition) is 1. The zero-order valence-electron chi connectivity index (χ0n) is 16.6. The van der Waals surface area contributed by atoms with Gasteiger partial charge in [-0.3, -0.25) is 9.36 Å². The number of rotatable bonds is 7. The number of hydrogen-bond acceptors (Lipinski definition) is 6. The number of carbonyl (C=O) groups is 1. The number of thiazole rings is 1. The van der Waals surface area contributed by atoms with E-state index in [1.807, 2.05) is 65.4 Å². The van der Waals surface area contributed by atoms with Crippen molar-refractivity contribution in [1.82, 2.24) is 25.1 Å². The van der Waals surface area contributed by atoms with E-state index < -0.39 is 0 Å². The van der Waals surface area contributed by atoms with Crippen molar-refractivity contribution >= 4 is 29.0 Å². The van der Waals surface area contributed by atoms with Crippen LogP contribution in [-0.2, 0) is 4.79 Å². The van der Waals surface area contributed by atoms with Crippen LogP contribution in [0.25, 0.3) is 5.69 Å². The molecule has 152 valence electrons. The summed E-state index contributed by atoms with van der Waals surface area (Å²) in [6.45, 7) is 3.96. The predicted molar refractivity (Wildman–Crippen MR) is 120 cm³/mol. The lowest BCUT2D eigenvalue weighted by Crippen LogP contribution is -2.30. The Balaban J connectivity index is 1.50. The molecule has 0 fully saturated rings. The van der Waals surface area contributed by atoms with E-state index in [-0.39, 0.29) is 17.7 Å². The minimum atomic E-state index is -0.268. The van der Waals surface area contributed by atoms with Gasteiger partial charge in [0.05, 0.1) is 11.4 Å². The van der Waals surface area contributed by atoms with Gasteiger partial charge in [0.25, 0.3) is 0 Å². The number of aromatic nitrogens is 4. The molecule has 1 N–H and O–H groups in total. The average Bonchev–Trinajstić information content (AvgIpc) is 3.42. The van der Waals surface area contributed by atoms with Gasteiger partial charge in [0.2, 0.25) is 5.91 Å². The van der Waals surface area contributed by atoms with Gasteiger partial charge in [0.15, 0.2) is 5.16 Å². The van der Waals surface area contributed by atoms with E-state index >= 15 is 0 Å². The minimum absolute atomic E-state index is 0.0824. The van der Waals surface area contributed by atoms with Crippen LogP contribution < -0.4 is 5.32 Å². The van der Waals surface area contributed by atoms with Crippen LogP contribution in [-0.4, -0.2) is 31.4 Å². The number of amides is 1. The van der Waals surface area contributed by atoms with Crippen molar-refractivity contribution in [3.05, 3.63) is 88.1 Å². The van der Waals surface area contributed by atoms with E-state index in [1.54, 1.807) is 6.20 Å². The average molecular weight is 436 g/mol. The number of carbonyl (C=O) groups excluding carboxylic acids is 1. The van der Waals surface area contributed by atoms with Crippen molar-refractivity contribution in [3.8, 4) is 5.69 Å². The second kappa shape index (κ2) is 9.23. The summed E-state index contributed by atoms with van der Waals surface area (Å²) in [5, 5.41) is 15.1. The molecule has 0 saturated carbocycles. The van der Waals surface area contributed by atoms with Crippen molar-refractivity contribution in [2.24, 2.45) is 0 Å². The van der Waals surface area contributed by atoms with Crippen LogP contribution in [0.2, 0.25) is 0 Å². The van der Waals surface area contributed by atoms with Gasteiger partial charge >= 0.3 is 0 Å². The van der Waals surface area contributed by atoms with E-state index in [4.69, 9.17) is 0 Å². The molecule has 4 rings (SSSR count). The minimum Gasteiger partial charge on any atom is -0.342 e. The van der Waals surface area contributed by atoms with E-state index in [0.717, 1.165) is 27.6 Å². The quantitative estimate of drug-likeness (QED) is 0.437. The summed E-state index contributed by atoms with van der Waals surface area (Å²) in [7, 11) is 0. The first kappa shape index (κ1) is 20.3. The summed E-state index contributed by atoms with van der Waals surface area (Å²) in [4.78, 5) is 17.2. The van der Waals surface area contributed by atoms with Crippen molar-refractivity contribution in [1.29, 1.82) is 0 Å². The molecule has 0 aliphatic rings. The van der Waals surface area contributed by atoms with E-state index in [0.29, 0.717) is 5.16 Å². The summed E-state index contributed by atoms with van der Waals surface area (Å²) in [5.74, 6) is 0.942. The largest absolute Gasteiger partial charge is 0.342 e. The maximum atomic E-state index is 12.8. The molecule has 8 heteroatoms. The third-order valence-electron chi connectivity index (χ3n) is 4.62. The molecule has 0 bridgehead atoms. The van der Waals surface area contributed by atoms with Crippen LogP contribution in [0.1, 0.15) is 28.0 Å². The van der Waals surface area contributed by atoms with Crippen molar-refractivity contribution in [2.75, 3.05) is 5.75 Å². The molecule has 6 nitrogen and oxygen atoms in total. The zero-order chi connectivity index (χ0) is 20.9. The Bertz CT molecular complexity index is 1130. The Morgan fingerprint density at radius 1 is 1.10 bits per heavy atom. The van der Waals surface area contributed by atoms with Gasteiger partial charge in [-0.25, -0.2) is 4.98 Å². The monoisotopic (exact) mass is 435 g/mol. The number of benzene rings is 2. The smallest absolute Gasteiger partial charge is 0.231 e. The second-order valence-corrected chi connectivity index (χ2v) is 8.59. The number of thioether (sulfide) groups is 1. The highest BCUT2D eigenvalue weighted by Gasteiger charge is 2.20. The van der Waals surface area contributed by atoms with E-state index in [9.17, 15) is 4.79 Å². The Labute approximate surface area is 183 Å². The molecule has 2 heterocycles. The highest BCUT2D eigenvalue weighted by atomic mass is 32.2. The first-order chi connectivity index (χ1) is 14.6. The summed E-state index contributed by atoms with van der Waals surface area (Å²) in [6.07, 6.45) is 1.75. The van der Waals surface area contributed by atoms with Crippen LogP contribution >= 0.6 is 23.1 Å². The van der Waals surface area contributed by atoms with Gasteiger partial charge in [-0.1, -0.05) is 60.3 Å². The fraction of sp³-hybridized carbons (Fsp3) is 0.182. The molecule has 2 aromatic heterocycles. The van der Waals surface area contributed by atoms with Crippen LogP contribution in [0.15, 0.2) is 71.3 Å². The third-order valence-corrected chi connectivity index (χ3v) is 6.39. The van der Waals surface area contributed by atoms with Crippen LogP contribution in [0.3, 0.4) is 0 Å². The van der Waals surface area contributed by atoms with E-state index in [2.05, 4.69) is 33.5 Å².